The third-order valence-corrected chi connectivity index (χ3v) is 3.79. The minimum Gasteiger partial charge on any atom is -0.504 e. The van der Waals surface area contributed by atoms with Gasteiger partial charge in [0.2, 0.25) is 0 Å². The second-order valence-corrected chi connectivity index (χ2v) is 5.17. The number of hydrogen-bond acceptors (Lipinski definition) is 5. The molecule has 2 unspecified atom stereocenters. The van der Waals surface area contributed by atoms with Crippen LogP contribution in [0, 0.1) is 0 Å². The first-order chi connectivity index (χ1) is 9.57. The molecule has 0 aliphatic carbocycles. The molecule has 20 heavy (non-hydrogen) atoms. The summed E-state index contributed by atoms with van der Waals surface area (Å²) in [5.74, 6) is 0.646. The summed E-state index contributed by atoms with van der Waals surface area (Å²) in [5.41, 5.74) is -0.0706. The van der Waals surface area contributed by atoms with Crippen molar-refractivity contribution in [2.45, 2.75) is 38.5 Å². The number of aliphatic hydroxyl groups is 1. The van der Waals surface area contributed by atoms with Crippen LogP contribution in [0.15, 0.2) is 18.2 Å². The molecule has 2 atom stereocenters. The van der Waals surface area contributed by atoms with Gasteiger partial charge in [-0.1, -0.05) is 12.1 Å². The summed E-state index contributed by atoms with van der Waals surface area (Å²) < 4.78 is 10.7. The van der Waals surface area contributed by atoms with Crippen LogP contribution in [0.4, 0.5) is 0 Å². The first kappa shape index (κ1) is 15.1. The molecule has 112 valence electrons. The molecule has 1 aromatic carbocycles. The second kappa shape index (κ2) is 6.43. The zero-order valence-corrected chi connectivity index (χ0v) is 12.1. The largest absolute Gasteiger partial charge is 0.504 e. The van der Waals surface area contributed by atoms with E-state index < -0.39 is 5.60 Å². The van der Waals surface area contributed by atoms with E-state index in [-0.39, 0.29) is 11.9 Å². The van der Waals surface area contributed by atoms with Gasteiger partial charge in [0.05, 0.1) is 12.7 Å². The van der Waals surface area contributed by atoms with Crippen LogP contribution in [0.25, 0.3) is 0 Å². The number of phenolic OH excluding ortho intramolecular Hbond substituents is 1. The summed E-state index contributed by atoms with van der Waals surface area (Å²) in [7, 11) is 0. The summed E-state index contributed by atoms with van der Waals surface area (Å²) in [6.07, 6.45) is 0.463. The maximum absolute atomic E-state index is 10.4. The average molecular weight is 281 g/mol. The Labute approximate surface area is 119 Å². The zero-order chi connectivity index (χ0) is 14.6. The van der Waals surface area contributed by atoms with Crippen molar-refractivity contribution in [2.75, 3.05) is 19.8 Å². The van der Waals surface area contributed by atoms with Crippen molar-refractivity contribution in [1.29, 1.82) is 0 Å². The number of benzene rings is 1. The zero-order valence-electron chi connectivity index (χ0n) is 12.1. The molecule has 1 saturated heterocycles. The highest BCUT2D eigenvalue weighted by molar-refractivity contribution is 5.45. The number of aromatic hydroxyl groups is 1. The fraction of sp³-hybridized carbons (Fsp3) is 0.600. The minimum absolute atomic E-state index is 0.157. The van der Waals surface area contributed by atoms with Crippen LogP contribution < -0.4 is 10.1 Å². The number of ether oxygens (including phenoxy) is 2. The molecule has 5 nitrogen and oxygen atoms in total. The van der Waals surface area contributed by atoms with E-state index in [1.165, 1.54) is 0 Å². The predicted molar refractivity (Wildman–Crippen MR) is 76.0 cm³/mol. The van der Waals surface area contributed by atoms with Crippen LogP contribution in [0.1, 0.15) is 25.8 Å². The molecule has 0 radical (unpaired) electrons. The number of phenols is 1. The van der Waals surface area contributed by atoms with Crippen LogP contribution in [-0.2, 0) is 11.3 Å². The van der Waals surface area contributed by atoms with E-state index in [9.17, 15) is 10.2 Å². The fourth-order valence-corrected chi connectivity index (χ4v) is 2.40. The maximum atomic E-state index is 10.4. The molecule has 0 amide bonds. The van der Waals surface area contributed by atoms with Crippen molar-refractivity contribution in [3.63, 3.8) is 0 Å². The lowest BCUT2D eigenvalue weighted by atomic mass is 9.96. The molecule has 1 aliphatic heterocycles. The first-order valence-electron chi connectivity index (χ1n) is 7.05. The molecule has 5 heteroatoms. The Morgan fingerprint density at radius 1 is 1.50 bits per heavy atom. The lowest BCUT2D eigenvalue weighted by molar-refractivity contribution is -0.0263. The van der Waals surface area contributed by atoms with Gasteiger partial charge in [-0.25, -0.2) is 0 Å². The van der Waals surface area contributed by atoms with E-state index >= 15 is 0 Å². The Kier molecular flexibility index (Phi) is 4.86. The number of hydrogen-bond donors (Lipinski definition) is 3. The van der Waals surface area contributed by atoms with Gasteiger partial charge in [0.15, 0.2) is 11.5 Å². The quantitative estimate of drug-likeness (QED) is 0.735. The van der Waals surface area contributed by atoms with Gasteiger partial charge >= 0.3 is 0 Å². The van der Waals surface area contributed by atoms with Gasteiger partial charge in [0, 0.05) is 31.7 Å². The van der Waals surface area contributed by atoms with E-state index in [0.717, 1.165) is 5.56 Å². The van der Waals surface area contributed by atoms with Crippen molar-refractivity contribution >= 4 is 0 Å². The molecule has 1 aliphatic rings. The molecule has 0 spiro atoms. The molecule has 0 bridgehead atoms. The third kappa shape index (κ3) is 3.23. The minimum atomic E-state index is -0.826. The van der Waals surface area contributed by atoms with Gasteiger partial charge < -0.3 is 25.0 Å². The van der Waals surface area contributed by atoms with Crippen LogP contribution in [0.2, 0.25) is 0 Å². The van der Waals surface area contributed by atoms with Gasteiger partial charge in [-0.2, -0.15) is 0 Å². The van der Waals surface area contributed by atoms with Crippen LogP contribution in [0.5, 0.6) is 11.5 Å². The summed E-state index contributed by atoms with van der Waals surface area (Å²) in [6, 6.07) is 5.42. The van der Waals surface area contributed by atoms with Crippen LogP contribution >= 0.6 is 0 Å². The number of para-hydroxylation sites is 1. The monoisotopic (exact) mass is 281 g/mol. The van der Waals surface area contributed by atoms with E-state index in [0.29, 0.717) is 38.5 Å². The molecule has 0 saturated carbocycles. The van der Waals surface area contributed by atoms with Gasteiger partial charge in [-0.3, -0.25) is 0 Å². The first-order valence-corrected chi connectivity index (χ1v) is 7.05. The maximum Gasteiger partial charge on any atom is 0.162 e. The number of nitrogens with one attached hydrogen (secondary N) is 1. The SMILES string of the molecule is CCOc1cccc(CNCC2(O)CCOC2C)c1O. The van der Waals surface area contributed by atoms with Crippen molar-refractivity contribution in [1.82, 2.24) is 5.32 Å². The lowest BCUT2D eigenvalue weighted by Crippen LogP contribution is -2.45. The highest BCUT2D eigenvalue weighted by atomic mass is 16.5. The van der Waals surface area contributed by atoms with Crippen LogP contribution in [0.3, 0.4) is 0 Å². The third-order valence-electron chi connectivity index (χ3n) is 3.79. The number of rotatable bonds is 6. The van der Waals surface area contributed by atoms with Gasteiger partial charge in [-0.05, 0) is 19.9 Å². The van der Waals surface area contributed by atoms with E-state index in [1.54, 1.807) is 6.07 Å². The van der Waals surface area contributed by atoms with Crippen molar-refractivity contribution < 1.29 is 19.7 Å². The fourth-order valence-electron chi connectivity index (χ4n) is 2.40. The Balaban J connectivity index is 1.93. The summed E-state index contributed by atoms with van der Waals surface area (Å²) in [6.45, 7) is 5.76. The highest BCUT2D eigenvalue weighted by Gasteiger charge is 2.38. The Bertz CT molecular complexity index is 451. The molecule has 0 aromatic heterocycles. The van der Waals surface area contributed by atoms with Crippen molar-refractivity contribution in [3.8, 4) is 11.5 Å². The van der Waals surface area contributed by atoms with E-state index in [2.05, 4.69) is 5.32 Å². The van der Waals surface area contributed by atoms with Crippen molar-refractivity contribution in [2.24, 2.45) is 0 Å². The Hall–Kier alpha value is -1.30. The second-order valence-electron chi connectivity index (χ2n) is 5.17. The molecular formula is C15H23NO4. The molecule has 1 aromatic rings. The normalized spacial score (nSPS) is 25.9. The van der Waals surface area contributed by atoms with Gasteiger partial charge in [0.25, 0.3) is 0 Å². The van der Waals surface area contributed by atoms with E-state index in [4.69, 9.17) is 9.47 Å². The lowest BCUT2D eigenvalue weighted by Gasteiger charge is -2.26. The van der Waals surface area contributed by atoms with Gasteiger partial charge in [-0.15, -0.1) is 0 Å². The molecule has 2 rings (SSSR count). The summed E-state index contributed by atoms with van der Waals surface area (Å²) in [4.78, 5) is 0. The van der Waals surface area contributed by atoms with Crippen molar-refractivity contribution in [3.05, 3.63) is 23.8 Å². The molecular weight excluding hydrogens is 258 g/mol. The molecule has 1 fully saturated rings. The summed E-state index contributed by atoms with van der Waals surface area (Å²) >= 11 is 0. The Morgan fingerprint density at radius 2 is 2.30 bits per heavy atom. The highest BCUT2D eigenvalue weighted by Crippen LogP contribution is 2.30. The average Bonchev–Trinajstić information content (AvgIpc) is 2.74. The smallest absolute Gasteiger partial charge is 0.162 e. The van der Waals surface area contributed by atoms with Crippen LogP contribution in [-0.4, -0.2) is 41.7 Å². The standard InChI is InChI=1S/C15H23NO4/c1-3-19-13-6-4-5-12(14(13)17)9-16-10-15(18)7-8-20-11(15)2/h4-6,11,16-18H,3,7-10H2,1-2H3. The van der Waals surface area contributed by atoms with E-state index in [1.807, 2.05) is 26.0 Å². The summed E-state index contributed by atoms with van der Waals surface area (Å²) in [5, 5.41) is 23.6. The predicted octanol–water partition coefficient (Wildman–Crippen LogP) is 1.42. The molecule has 1 heterocycles. The Morgan fingerprint density at radius 3 is 2.95 bits per heavy atom. The molecule has 3 N–H and O–H groups in total. The van der Waals surface area contributed by atoms with Gasteiger partial charge in [0.1, 0.15) is 5.60 Å². The topological polar surface area (TPSA) is 71.0 Å².